The Morgan fingerprint density at radius 2 is 0.759 bits per heavy atom. The highest BCUT2D eigenvalue weighted by Crippen LogP contribution is 2.14. The van der Waals surface area contributed by atoms with Crippen LogP contribution < -0.4 is 5.32 Å². The molecule has 2 atom stereocenters. The largest absolute Gasteiger partial charge is 0.394 e. The van der Waals surface area contributed by atoms with Crippen LogP contribution in [0.15, 0.2) is 109 Å². The van der Waals surface area contributed by atoms with E-state index in [1.54, 1.807) is 6.08 Å². The van der Waals surface area contributed by atoms with Gasteiger partial charge in [0.05, 0.1) is 18.8 Å². The lowest BCUT2D eigenvalue weighted by Crippen LogP contribution is -2.45. The molecule has 0 radical (unpaired) electrons. The summed E-state index contributed by atoms with van der Waals surface area (Å²) >= 11 is 0. The van der Waals surface area contributed by atoms with E-state index < -0.39 is 12.1 Å². The van der Waals surface area contributed by atoms with Gasteiger partial charge in [-0.25, -0.2) is 0 Å². The van der Waals surface area contributed by atoms with Gasteiger partial charge in [0.15, 0.2) is 0 Å². The number of hydrogen-bond acceptors (Lipinski definition) is 3. The van der Waals surface area contributed by atoms with Crippen LogP contribution in [-0.2, 0) is 4.79 Å². The van der Waals surface area contributed by atoms with E-state index in [1.165, 1.54) is 109 Å². The Kier molecular flexibility index (Phi) is 46.0. The number of nitrogens with one attached hydrogen (secondary N) is 1. The quantitative estimate of drug-likeness (QED) is 0.0425. The maximum Gasteiger partial charge on any atom is 0.220 e. The smallest absolute Gasteiger partial charge is 0.220 e. The molecule has 0 aromatic carbocycles. The average molecular weight is 802 g/mol. The molecule has 0 aromatic rings. The van der Waals surface area contributed by atoms with Crippen molar-refractivity contribution in [2.45, 2.75) is 219 Å². The summed E-state index contributed by atoms with van der Waals surface area (Å²) in [6.45, 7) is 4.13. The van der Waals surface area contributed by atoms with Crippen molar-refractivity contribution in [2.75, 3.05) is 6.61 Å². The van der Waals surface area contributed by atoms with E-state index in [0.717, 1.165) is 77.0 Å². The van der Waals surface area contributed by atoms with Gasteiger partial charge in [0.1, 0.15) is 0 Å². The molecule has 2 unspecified atom stereocenters. The molecule has 0 aliphatic carbocycles. The number of unbranched alkanes of at least 4 members (excludes halogenated alkanes) is 19. The lowest BCUT2D eigenvalue weighted by molar-refractivity contribution is -0.123. The first-order valence-electron chi connectivity index (χ1n) is 24.1. The van der Waals surface area contributed by atoms with Gasteiger partial charge in [-0.3, -0.25) is 4.79 Å². The van der Waals surface area contributed by atoms with E-state index in [9.17, 15) is 15.0 Å². The van der Waals surface area contributed by atoms with Crippen molar-refractivity contribution < 1.29 is 15.0 Å². The van der Waals surface area contributed by atoms with Crippen LogP contribution in [-0.4, -0.2) is 34.9 Å². The van der Waals surface area contributed by atoms with Crippen molar-refractivity contribution in [3.8, 4) is 0 Å². The molecule has 0 heterocycles. The maximum atomic E-state index is 12.3. The summed E-state index contributed by atoms with van der Waals surface area (Å²) in [5, 5.41) is 22.8. The van der Waals surface area contributed by atoms with Gasteiger partial charge in [-0.1, -0.05) is 226 Å². The van der Waals surface area contributed by atoms with Crippen LogP contribution in [0.3, 0.4) is 0 Å². The van der Waals surface area contributed by atoms with Gasteiger partial charge >= 0.3 is 0 Å². The molecule has 0 aliphatic heterocycles. The van der Waals surface area contributed by atoms with E-state index in [-0.39, 0.29) is 12.5 Å². The van der Waals surface area contributed by atoms with Crippen LogP contribution in [0.25, 0.3) is 0 Å². The van der Waals surface area contributed by atoms with Crippen molar-refractivity contribution in [3.05, 3.63) is 109 Å². The topological polar surface area (TPSA) is 69.6 Å². The minimum absolute atomic E-state index is 0.0738. The average Bonchev–Trinajstić information content (AvgIpc) is 3.23. The first-order valence-corrected chi connectivity index (χ1v) is 24.1. The number of carbonyl (C=O) groups excluding carboxylic acids is 1. The van der Waals surface area contributed by atoms with Crippen LogP contribution in [0.4, 0.5) is 0 Å². The summed E-state index contributed by atoms with van der Waals surface area (Å²) in [4.78, 5) is 12.3. The molecule has 0 bridgehead atoms. The van der Waals surface area contributed by atoms with Crippen LogP contribution in [0.5, 0.6) is 0 Å². The Hall–Kier alpha value is -2.95. The van der Waals surface area contributed by atoms with Crippen molar-refractivity contribution in [3.63, 3.8) is 0 Å². The van der Waals surface area contributed by atoms with Gasteiger partial charge in [-0.05, 0) is 83.5 Å². The van der Waals surface area contributed by atoms with Crippen LogP contribution in [0.1, 0.15) is 206 Å². The predicted molar refractivity (Wildman–Crippen MR) is 257 cm³/mol. The number of rotatable bonds is 42. The minimum Gasteiger partial charge on any atom is -0.394 e. The fraction of sp³-hybridized carbons (Fsp3) is 0.648. The Bertz CT molecular complexity index is 1140. The molecule has 4 heteroatoms. The third-order valence-electron chi connectivity index (χ3n) is 10.3. The second-order valence-corrected chi connectivity index (χ2v) is 15.8. The lowest BCUT2D eigenvalue weighted by Gasteiger charge is -2.20. The number of carbonyl (C=O) groups is 1. The SMILES string of the molecule is CC/C=C\C/C=C\C/C=C\C/C=C\C/C=C\C/C=C\C/C=C\C/C=C\CCCCCCCCCCCCCCCCC(=O)NC(CO)C(O)/C=C/CCCCCCC. The Morgan fingerprint density at radius 3 is 1.14 bits per heavy atom. The first kappa shape index (κ1) is 55.0. The molecular weight excluding hydrogens is 711 g/mol. The predicted octanol–water partition coefficient (Wildman–Crippen LogP) is 15.6. The van der Waals surface area contributed by atoms with Crippen molar-refractivity contribution >= 4 is 5.91 Å². The number of aliphatic hydroxyl groups excluding tert-OH is 2. The Labute approximate surface area is 359 Å². The molecular formula is C54H91NO3. The molecule has 0 saturated heterocycles. The number of amides is 1. The fourth-order valence-corrected chi connectivity index (χ4v) is 6.60. The van der Waals surface area contributed by atoms with E-state index in [2.05, 4.69) is 116 Å². The van der Waals surface area contributed by atoms with Gasteiger partial charge in [0.25, 0.3) is 0 Å². The fourth-order valence-electron chi connectivity index (χ4n) is 6.60. The van der Waals surface area contributed by atoms with E-state index in [1.807, 2.05) is 6.08 Å². The van der Waals surface area contributed by atoms with Crippen LogP contribution in [0.2, 0.25) is 0 Å². The maximum absolute atomic E-state index is 12.3. The molecule has 0 fully saturated rings. The Balaban J connectivity index is 3.52. The van der Waals surface area contributed by atoms with E-state index in [0.29, 0.717) is 6.42 Å². The highest BCUT2D eigenvalue weighted by molar-refractivity contribution is 5.76. The minimum atomic E-state index is -0.840. The molecule has 3 N–H and O–H groups in total. The van der Waals surface area contributed by atoms with Gasteiger partial charge in [0.2, 0.25) is 5.91 Å². The zero-order chi connectivity index (χ0) is 42.1. The molecule has 0 aromatic heterocycles. The lowest BCUT2D eigenvalue weighted by atomic mass is 10.0. The van der Waals surface area contributed by atoms with Gasteiger partial charge in [-0.2, -0.15) is 0 Å². The summed E-state index contributed by atoms with van der Waals surface area (Å²) in [6.07, 6.45) is 73.8. The van der Waals surface area contributed by atoms with Gasteiger partial charge in [-0.15, -0.1) is 0 Å². The summed E-state index contributed by atoms with van der Waals surface area (Å²) < 4.78 is 0. The number of hydrogen-bond donors (Lipinski definition) is 3. The summed E-state index contributed by atoms with van der Waals surface area (Å²) in [5.74, 6) is -0.0738. The molecule has 58 heavy (non-hydrogen) atoms. The normalized spacial score (nSPS) is 13.9. The number of aliphatic hydroxyl groups is 2. The van der Waals surface area contributed by atoms with Crippen LogP contribution in [0, 0.1) is 0 Å². The highest BCUT2D eigenvalue weighted by atomic mass is 16.3. The third-order valence-corrected chi connectivity index (χ3v) is 10.3. The molecule has 1 amide bonds. The van der Waals surface area contributed by atoms with Crippen molar-refractivity contribution in [1.29, 1.82) is 0 Å². The molecule has 0 aliphatic rings. The third kappa shape index (κ3) is 44.2. The molecule has 0 saturated carbocycles. The van der Waals surface area contributed by atoms with Crippen molar-refractivity contribution in [1.82, 2.24) is 5.32 Å². The zero-order valence-corrected chi connectivity index (χ0v) is 37.8. The Morgan fingerprint density at radius 1 is 0.431 bits per heavy atom. The standard InChI is InChI=1S/C54H91NO3/c1-3-5-7-9-11-12-13-14-15-16-17-18-19-20-21-22-23-24-25-26-27-28-29-30-31-32-33-34-35-36-37-38-39-40-41-42-44-46-48-50-54(58)55-52(51-56)53(57)49-47-45-43-10-8-6-4-2/h5,7,11-12,14-15,17-18,20-21,23-24,26-27,29-30,47,49,52-53,56-57H,3-4,6,8-10,13,16,19,22,25,28,31-46,48,50-51H2,1-2H3,(H,55,58)/b7-5-,12-11-,15-14-,18-17-,21-20-,24-23-,27-26-,30-29-,49-47+. The second kappa shape index (κ2) is 48.4. The molecule has 4 nitrogen and oxygen atoms in total. The highest BCUT2D eigenvalue weighted by Gasteiger charge is 2.17. The summed E-state index contributed by atoms with van der Waals surface area (Å²) in [5.41, 5.74) is 0. The number of allylic oxidation sites excluding steroid dienone is 17. The van der Waals surface area contributed by atoms with Crippen molar-refractivity contribution in [2.24, 2.45) is 0 Å². The second-order valence-electron chi connectivity index (χ2n) is 15.8. The van der Waals surface area contributed by atoms with E-state index >= 15 is 0 Å². The van der Waals surface area contributed by atoms with E-state index in [4.69, 9.17) is 0 Å². The monoisotopic (exact) mass is 802 g/mol. The summed E-state index contributed by atoms with van der Waals surface area (Å²) in [7, 11) is 0. The van der Waals surface area contributed by atoms with Gasteiger partial charge < -0.3 is 15.5 Å². The summed E-state index contributed by atoms with van der Waals surface area (Å²) in [6, 6.07) is -0.624. The first-order chi connectivity index (χ1) is 28.7. The van der Waals surface area contributed by atoms with Gasteiger partial charge in [0, 0.05) is 6.42 Å². The molecule has 330 valence electrons. The molecule has 0 spiro atoms. The van der Waals surface area contributed by atoms with Crippen LogP contribution >= 0.6 is 0 Å². The zero-order valence-electron chi connectivity index (χ0n) is 37.8. The molecule has 0 rings (SSSR count).